The summed E-state index contributed by atoms with van der Waals surface area (Å²) < 4.78 is 0. The number of hydrogen-bond donors (Lipinski definition) is 0. The zero-order valence-corrected chi connectivity index (χ0v) is 8.17. The minimum absolute atomic E-state index is 0. The van der Waals surface area contributed by atoms with Crippen LogP contribution in [0.25, 0.3) is 0 Å². The molecule has 0 spiro atoms. The van der Waals surface area contributed by atoms with E-state index in [1.54, 1.807) is 12.1 Å². The Kier molecular flexibility index (Phi) is 3.77. The Balaban J connectivity index is 0.000001000. The number of nitro benzene ring substituents is 1. The molecule has 0 aromatic heterocycles. The van der Waals surface area contributed by atoms with Crippen molar-refractivity contribution in [2.24, 2.45) is 0 Å². The molecule has 59 valence electrons. The molecule has 3 nitrogen and oxygen atoms in total. The average molecular weight is 326 g/mol. The van der Waals surface area contributed by atoms with Crippen molar-refractivity contribution in [3.8, 4) is 0 Å². The van der Waals surface area contributed by atoms with Crippen molar-refractivity contribution < 1.29 is 24.7 Å². The summed E-state index contributed by atoms with van der Waals surface area (Å²) in [7, 11) is 0. The van der Waals surface area contributed by atoms with E-state index in [9.17, 15) is 10.1 Å². The van der Waals surface area contributed by atoms with Gasteiger partial charge >= 0.3 is 19.8 Å². The van der Waals surface area contributed by atoms with Gasteiger partial charge in [-0.25, -0.2) is 0 Å². The molecule has 1 rings (SSSR count). The van der Waals surface area contributed by atoms with Gasteiger partial charge in [0.1, 0.15) is 0 Å². The largest absolute Gasteiger partial charge is 1.00 e. The summed E-state index contributed by atoms with van der Waals surface area (Å²) in [5, 5.41) is 10.1. The van der Waals surface area contributed by atoms with Gasteiger partial charge in [-0.05, 0) is 6.07 Å². The molecule has 1 aromatic rings. The molecule has 0 aliphatic carbocycles. The number of rotatable bonds is 1. The van der Waals surface area contributed by atoms with E-state index >= 15 is 0 Å². The monoisotopic (exact) mass is 328 g/mol. The van der Waals surface area contributed by atoms with Crippen LogP contribution in [-0.2, 0) is 19.8 Å². The SMILES string of the molecule is [CH2-]c1cccc([N+](=O)[O-])c1.[Os+]. The zero-order chi connectivity index (χ0) is 7.56. The van der Waals surface area contributed by atoms with Crippen molar-refractivity contribution in [3.63, 3.8) is 0 Å². The van der Waals surface area contributed by atoms with Crippen LogP contribution in [0, 0.1) is 17.0 Å². The third-order valence-electron chi connectivity index (χ3n) is 1.12. The van der Waals surface area contributed by atoms with E-state index < -0.39 is 4.92 Å². The van der Waals surface area contributed by atoms with Gasteiger partial charge in [-0.15, -0.1) is 6.07 Å². The van der Waals surface area contributed by atoms with Gasteiger partial charge in [0.25, 0.3) is 0 Å². The molecule has 0 heterocycles. The Hall–Kier alpha value is -0.874. The predicted octanol–water partition coefficient (Wildman–Crippen LogP) is 1.77. The Morgan fingerprint density at radius 2 is 2.09 bits per heavy atom. The van der Waals surface area contributed by atoms with E-state index in [4.69, 9.17) is 0 Å². The maximum absolute atomic E-state index is 10.1. The maximum Gasteiger partial charge on any atom is 1.00 e. The fourth-order valence-electron chi connectivity index (χ4n) is 0.670. The summed E-state index contributed by atoms with van der Waals surface area (Å²) in [5.41, 5.74) is 0.752. The smallest absolute Gasteiger partial charge is 0.259 e. The van der Waals surface area contributed by atoms with Gasteiger partial charge in [0, 0.05) is 4.92 Å². The van der Waals surface area contributed by atoms with Crippen molar-refractivity contribution in [1.29, 1.82) is 0 Å². The predicted molar refractivity (Wildman–Crippen MR) is 37.6 cm³/mol. The van der Waals surface area contributed by atoms with Crippen LogP contribution in [0.5, 0.6) is 0 Å². The Morgan fingerprint density at radius 3 is 2.45 bits per heavy atom. The number of non-ortho nitro benzene ring substituents is 1. The van der Waals surface area contributed by atoms with Crippen LogP contribution in [0.4, 0.5) is 5.69 Å². The van der Waals surface area contributed by atoms with Gasteiger partial charge in [0.15, 0.2) is 0 Å². The topological polar surface area (TPSA) is 43.1 Å². The third kappa shape index (κ3) is 2.69. The van der Waals surface area contributed by atoms with Gasteiger partial charge < -0.3 is 0 Å². The van der Waals surface area contributed by atoms with Crippen molar-refractivity contribution in [1.82, 2.24) is 0 Å². The average Bonchev–Trinajstić information content (AvgIpc) is 1.88. The van der Waals surface area contributed by atoms with E-state index in [1.807, 2.05) is 0 Å². The summed E-state index contributed by atoms with van der Waals surface area (Å²) in [6, 6.07) is 6.20. The standard InChI is InChI=1S/C7H6NO2.Os/c1-6-3-2-4-7(5-6)8(9)10;/h2-5H,1H2;/q-1;+1. The van der Waals surface area contributed by atoms with Gasteiger partial charge in [-0.2, -0.15) is 18.6 Å². The summed E-state index contributed by atoms with van der Waals surface area (Å²) >= 11 is 0. The van der Waals surface area contributed by atoms with Crippen LogP contribution >= 0.6 is 0 Å². The van der Waals surface area contributed by atoms with Crippen LogP contribution in [0.2, 0.25) is 0 Å². The first kappa shape index (κ1) is 10.1. The van der Waals surface area contributed by atoms with Crippen molar-refractivity contribution >= 4 is 5.69 Å². The van der Waals surface area contributed by atoms with E-state index in [0.717, 1.165) is 0 Å². The molecule has 0 aliphatic heterocycles. The van der Waals surface area contributed by atoms with Crippen molar-refractivity contribution in [2.75, 3.05) is 0 Å². The van der Waals surface area contributed by atoms with Crippen LogP contribution in [0.15, 0.2) is 24.3 Å². The molecule has 4 heteroatoms. The fraction of sp³-hybridized carbons (Fsp3) is 0. The second kappa shape index (κ2) is 4.10. The van der Waals surface area contributed by atoms with E-state index in [-0.39, 0.29) is 25.5 Å². The second-order valence-electron chi connectivity index (χ2n) is 1.93. The second-order valence-corrected chi connectivity index (χ2v) is 1.93. The van der Waals surface area contributed by atoms with Crippen LogP contribution in [0.3, 0.4) is 0 Å². The quantitative estimate of drug-likeness (QED) is 0.448. The number of benzene rings is 1. The van der Waals surface area contributed by atoms with Crippen molar-refractivity contribution in [2.45, 2.75) is 0 Å². The number of hydrogen-bond acceptors (Lipinski definition) is 2. The van der Waals surface area contributed by atoms with Crippen LogP contribution in [0.1, 0.15) is 5.56 Å². The Labute approximate surface area is 77.6 Å². The zero-order valence-electron chi connectivity index (χ0n) is 5.63. The molecule has 1 aromatic carbocycles. The fourth-order valence-corrected chi connectivity index (χ4v) is 0.670. The third-order valence-corrected chi connectivity index (χ3v) is 1.12. The van der Waals surface area contributed by atoms with E-state index in [0.29, 0.717) is 5.56 Å². The molecule has 0 unspecified atom stereocenters. The molecule has 0 N–H and O–H groups in total. The number of nitro groups is 1. The van der Waals surface area contributed by atoms with E-state index in [1.165, 1.54) is 12.1 Å². The first-order chi connectivity index (χ1) is 4.70. The maximum atomic E-state index is 10.1. The molecule has 1 radical (unpaired) electrons. The molecule has 0 amide bonds. The van der Waals surface area contributed by atoms with Crippen molar-refractivity contribution in [3.05, 3.63) is 46.9 Å². The summed E-state index contributed by atoms with van der Waals surface area (Å²) in [6.07, 6.45) is 0. The van der Waals surface area contributed by atoms with Crippen LogP contribution < -0.4 is 0 Å². The molecular weight excluding hydrogens is 320 g/mol. The first-order valence-electron chi connectivity index (χ1n) is 2.76. The Bertz CT molecular complexity index is 262. The summed E-state index contributed by atoms with van der Waals surface area (Å²) in [5.74, 6) is 0. The number of nitrogens with zero attached hydrogens (tertiary/aromatic N) is 1. The van der Waals surface area contributed by atoms with E-state index in [2.05, 4.69) is 6.92 Å². The molecule has 11 heavy (non-hydrogen) atoms. The summed E-state index contributed by atoms with van der Waals surface area (Å²) in [6.45, 7) is 3.56. The molecule has 0 bridgehead atoms. The minimum Gasteiger partial charge on any atom is -0.259 e. The molecule has 0 saturated carbocycles. The molecule has 0 saturated heterocycles. The molecule has 0 aliphatic rings. The van der Waals surface area contributed by atoms with Crippen LogP contribution in [-0.4, -0.2) is 4.92 Å². The molecule has 0 fully saturated rings. The molecule has 0 atom stereocenters. The van der Waals surface area contributed by atoms with Gasteiger partial charge in [-0.1, -0.05) is 6.07 Å². The first-order valence-corrected chi connectivity index (χ1v) is 2.76. The molecular formula is C7H6NO2Os. The Morgan fingerprint density at radius 1 is 1.45 bits per heavy atom. The van der Waals surface area contributed by atoms with Gasteiger partial charge in [0.2, 0.25) is 5.69 Å². The minimum atomic E-state index is -0.436. The summed E-state index contributed by atoms with van der Waals surface area (Å²) in [4.78, 5) is 9.70. The normalized spacial score (nSPS) is 8.36. The van der Waals surface area contributed by atoms with Gasteiger partial charge in [0.05, 0.1) is 0 Å². The van der Waals surface area contributed by atoms with Gasteiger partial charge in [-0.3, -0.25) is 10.1 Å².